The zero-order valence-electron chi connectivity index (χ0n) is 15.2. The molecule has 0 atom stereocenters. The molecule has 3 rings (SSSR count). The van der Waals surface area contributed by atoms with Gasteiger partial charge in [0.05, 0.1) is 6.54 Å². The van der Waals surface area contributed by atoms with E-state index in [4.69, 9.17) is 22.1 Å². The van der Waals surface area contributed by atoms with Crippen LogP contribution in [-0.2, 0) is 11.3 Å². The minimum absolute atomic E-state index is 0.120. The maximum absolute atomic E-state index is 12.5. The van der Waals surface area contributed by atoms with Crippen LogP contribution in [-0.4, -0.2) is 37.0 Å². The number of hydrogen-bond acceptors (Lipinski definition) is 4. The van der Waals surface area contributed by atoms with E-state index < -0.39 is 0 Å². The van der Waals surface area contributed by atoms with Crippen molar-refractivity contribution in [3.05, 3.63) is 76.5 Å². The quantitative estimate of drug-likeness (QED) is 0.719. The van der Waals surface area contributed by atoms with Crippen LogP contribution in [0.3, 0.4) is 0 Å². The molecule has 1 aliphatic rings. The van der Waals surface area contributed by atoms with E-state index in [2.05, 4.69) is 22.3 Å². The summed E-state index contributed by atoms with van der Waals surface area (Å²) in [4.78, 5) is 14.8. The van der Waals surface area contributed by atoms with E-state index in [0.29, 0.717) is 42.4 Å². The number of amides is 1. The van der Waals surface area contributed by atoms with Crippen molar-refractivity contribution in [2.24, 2.45) is 5.73 Å². The zero-order valence-corrected chi connectivity index (χ0v) is 15.9. The largest absolute Gasteiger partial charge is 0.492 e. The Morgan fingerprint density at radius 2 is 1.89 bits per heavy atom. The SMILES string of the molecule is NC1=C(C(=O)NCCOc2ccc(Cl)cc2)CN(Cc2ccccc2)CC1. The first-order chi connectivity index (χ1) is 13.1. The second kappa shape index (κ2) is 9.44. The average Bonchev–Trinajstić information content (AvgIpc) is 2.69. The molecule has 1 amide bonds. The molecular weight excluding hydrogens is 362 g/mol. The third kappa shape index (κ3) is 5.74. The van der Waals surface area contributed by atoms with E-state index >= 15 is 0 Å². The second-order valence-corrected chi connectivity index (χ2v) is 6.94. The summed E-state index contributed by atoms with van der Waals surface area (Å²) in [5.74, 6) is 0.601. The molecule has 0 radical (unpaired) electrons. The second-order valence-electron chi connectivity index (χ2n) is 6.51. The minimum atomic E-state index is -0.120. The summed E-state index contributed by atoms with van der Waals surface area (Å²) < 4.78 is 5.59. The summed E-state index contributed by atoms with van der Waals surface area (Å²) in [7, 11) is 0. The van der Waals surface area contributed by atoms with E-state index in [1.807, 2.05) is 18.2 Å². The number of hydrogen-bond donors (Lipinski definition) is 2. The van der Waals surface area contributed by atoms with E-state index in [-0.39, 0.29) is 5.91 Å². The lowest BCUT2D eigenvalue weighted by atomic mass is 10.0. The Bertz CT molecular complexity index is 791. The molecule has 0 aromatic heterocycles. The molecule has 2 aromatic rings. The molecule has 0 saturated carbocycles. The van der Waals surface area contributed by atoms with Crippen molar-refractivity contribution in [3.8, 4) is 5.75 Å². The van der Waals surface area contributed by atoms with E-state index in [1.165, 1.54) is 5.56 Å². The third-order valence-corrected chi connectivity index (χ3v) is 4.71. The van der Waals surface area contributed by atoms with Crippen LogP contribution in [0.2, 0.25) is 5.02 Å². The van der Waals surface area contributed by atoms with E-state index in [1.54, 1.807) is 24.3 Å². The molecule has 0 bridgehead atoms. The molecule has 3 N–H and O–H groups in total. The maximum Gasteiger partial charge on any atom is 0.250 e. The summed E-state index contributed by atoms with van der Waals surface area (Å²) in [6.45, 7) is 3.03. The topological polar surface area (TPSA) is 67.6 Å². The highest BCUT2D eigenvalue weighted by Crippen LogP contribution is 2.17. The summed E-state index contributed by atoms with van der Waals surface area (Å²) >= 11 is 5.84. The van der Waals surface area contributed by atoms with Crippen molar-refractivity contribution >= 4 is 17.5 Å². The van der Waals surface area contributed by atoms with E-state index in [0.717, 1.165) is 18.8 Å². The highest BCUT2D eigenvalue weighted by molar-refractivity contribution is 6.30. The fourth-order valence-corrected chi connectivity index (χ4v) is 3.12. The Balaban J connectivity index is 1.47. The fourth-order valence-electron chi connectivity index (χ4n) is 3.00. The van der Waals surface area contributed by atoms with Gasteiger partial charge in [-0.3, -0.25) is 9.69 Å². The predicted octanol–water partition coefficient (Wildman–Crippen LogP) is 2.95. The first kappa shape index (κ1) is 19.3. The molecule has 2 aromatic carbocycles. The van der Waals surface area contributed by atoms with Crippen LogP contribution in [0.15, 0.2) is 65.9 Å². The first-order valence-electron chi connectivity index (χ1n) is 9.02. The van der Waals surface area contributed by atoms with Crippen LogP contribution in [0.4, 0.5) is 0 Å². The number of benzene rings is 2. The number of nitrogens with zero attached hydrogens (tertiary/aromatic N) is 1. The standard InChI is InChI=1S/C21H24ClN3O2/c22-17-6-8-18(9-7-17)27-13-11-24-21(26)19-15-25(12-10-20(19)23)14-16-4-2-1-3-5-16/h1-9H,10-15,23H2,(H,24,26). The van der Waals surface area contributed by atoms with Gasteiger partial charge in [-0.05, 0) is 29.8 Å². The Hall–Kier alpha value is -2.50. The van der Waals surface area contributed by atoms with Crippen molar-refractivity contribution in [2.45, 2.75) is 13.0 Å². The Morgan fingerprint density at radius 3 is 2.63 bits per heavy atom. The normalized spacial score (nSPS) is 14.9. The summed E-state index contributed by atoms with van der Waals surface area (Å²) in [5, 5.41) is 3.56. The van der Waals surface area contributed by atoms with Gasteiger partial charge in [-0.2, -0.15) is 0 Å². The highest BCUT2D eigenvalue weighted by atomic mass is 35.5. The van der Waals surface area contributed by atoms with Crippen LogP contribution in [0.5, 0.6) is 5.75 Å². The van der Waals surface area contributed by atoms with Crippen molar-refractivity contribution in [2.75, 3.05) is 26.2 Å². The molecule has 0 aliphatic carbocycles. The van der Waals surface area contributed by atoms with Crippen LogP contribution < -0.4 is 15.8 Å². The minimum Gasteiger partial charge on any atom is -0.492 e. The number of nitrogens with one attached hydrogen (secondary N) is 1. The van der Waals surface area contributed by atoms with Crippen LogP contribution >= 0.6 is 11.6 Å². The van der Waals surface area contributed by atoms with Crippen molar-refractivity contribution in [1.29, 1.82) is 0 Å². The monoisotopic (exact) mass is 385 g/mol. The lowest BCUT2D eigenvalue weighted by Crippen LogP contribution is -2.40. The number of carbonyl (C=O) groups excluding carboxylic acids is 1. The Morgan fingerprint density at radius 1 is 1.15 bits per heavy atom. The molecule has 0 unspecified atom stereocenters. The van der Waals surface area contributed by atoms with Gasteiger partial charge in [-0.1, -0.05) is 41.9 Å². The van der Waals surface area contributed by atoms with E-state index in [9.17, 15) is 4.79 Å². The van der Waals surface area contributed by atoms with Gasteiger partial charge < -0.3 is 15.8 Å². The molecule has 142 valence electrons. The van der Waals surface area contributed by atoms with Gasteiger partial charge in [-0.25, -0.2) is 0 Å². The summed E-state index contributed by atoms with van der Waals surface area (Å²) in [5.41, 5.74) is 8.66. The van der Waals surface area contributed by atoms with Gasteiger partial charge in [0, 0.05) is 42.3 Å². The maximum atomic E-state index is 12.5. The van der Waals surface area contributed by atoms with Crippen molar-refractivity contribution < 1.29 is 9.53 Å². The van der Waals surface area contributed by atoms with Crippen LogP contribution in [0, 0.1) is 0 Å². The molecule has 27 heavy (non-hydrogen) atoms. The smallest absolute Gasteiger partial charge is 0.250 e. The molecule has 5 nitrogen and oxygen atoms in total. The van der Waals surface area contributed by atoms with Gasteiger partial charge in [0.1, 0.15) is 12.4 Å². The van der Waals surface area contributed by atoms with Crippen LogP contribution in [0.1, 0.15) is 12.0 Å². The molecule has 1 heterocycles. The molecule has 0 fully saturated rings. The van der Waals surface area contributed by atoms with Crippen LogP contribution in [0.25, 0.3) is 0 Å². The number of halogens is 1. The molecule has 0 spiro atoms. The fraction of sp³-hybridized carbons (Fsp3) is 0.286. The third-order valence-electron chi connectivity index (χ3n) is 4.46. The van der Waals surface area contributed by atoms with Gasteiger partial charge in [0.2, 0.25) is 5.91 Å². The summed E-state index contributed by atoms with van der Waals surface area (Å²) in [6, 6.07) is 17.4. The lowest BCUT2D eigenvalue weighted by molar-refractivity contribution is -0.118. The highest BCUT2D eigenvalue weighted by Gasteiger charge is 2.22. The first-order valence-corrected chi connectivity index (χ1v) is 9.40. The molecule has 1 aliphatic heterocycles. The number of rotatable bonds is 7. The Kier molecular flexibility index (Phi) is 6.74. The zero-order chi connectivity index (χ0) is 19.1. The molecular formula is C21H24ClN3O2. The predicted molar refractivity (Wildman–Crippen MR) is 108 cm³/mol. The molecule has 6 heteroatoms. The van der Waals surface area contributed by atoms with Gasteiger partial charge in [-0.15, -0.1) is 0 Å². The summed E-state index contributed by atoms with van der Waals surface area (Å²) in [6.07, 6.45) is 0.705. The van der Waals surface area contributed by atoms with Crippen molar-refractivity contribution in [3.63, 3.8) is 0 Å². The van der Waals surface area contributed by atoms with Crippen molar-refractivity contribution in [1.82, 2.24) is 10.2 Å². The van der Waals surface area contributed by atoms with Gasteiger partial charge >= 0.3 is 0 Å². The molecule has 0 saturated heterocycles. The van der Waals surface area contributed by atoms with Gasteiger partial charge in [0.15, 0.2) is 0 Å². The number of nitrogens with two attached hydrogens (primary N) is 1. The lowest BCUT2D eigenvalue weighted by Gasteiger charge is -2.29. The number of carbonyl (C=O) groups is 1. The average molecular weight is 386 g/mol. The Labute approximate surface area is 164 Å². The number of ether oxygens (including phenoxy) is 1. The van der Waals surface area contributed by atoms with Gasteiger partial charge in [0.25, 0.3) is 0 Å².